The molecule has 0 saturated carbocycles. The molecule has 0 fully saturated rings. The predicted molar refractivity (Wildman–Crippen MR) is 65.5 cm³/mol. The Bertz CT molecular complexity index is 209. The summed E-state index contributed by atoms with van der Waals surface area (Å²) in [5.74, 6) is -0.0148. The standard InChI is InChI=1S/C9H20BN2O2S/c1-7(13)8(11)6-12(10-14-5)15-9(2,3)4/h8H,6,11H2,1-5H3/t8-/m0/s1. The number of ketones is 1. The zero-order valence-corrected chi connectivity index (χ0v) is 10.9. The molecule has 4 nitrogen and oxygen atoms in total. The van der Waals surface area contributed by atoms with Crippen molar-refractivity contribution in [2.75, 3.05) is 13.7 Å². The third-order valence-corrected chi connectivity index (χ3v) is 2.53. The van der Waals surface area contributed by atoms with Gasteiger partial charge in [-0.25, -0.2) is 0 Å². The Labute approximate surface area is 97.3 Å². The highest BCUT2D eigenvalue weighted by Gasteiger charge is 2.21. The molecule has 0 aromatic rings. The van der Waals surface area contributed by atoms with E-state index < -0.39 is 6.04 Å². The fraction of sp³-hybridized carbons (Fsp3) is 0.889. The molecule has 0 rings (SSSR count). The second-order valence-corrected chi connectivity index (χ2v) is 6.24. The molecule has 0 aliphatic carbocycles. The lowest BCUT2D eigenvalue weighted by Gasteiger charge is -2.28. The molecule has 0 unspecified atom stereocenters. The van der Waals surface area contributed by atoms with Gasteiger partial charge in [0.25, 0.3) is 0 Å². The molecule has 0 aromatic heterocycles. The van der Waals surface area contributed by atoms with Gasteiger partial charge >= 0.3 is 7.62 Å². The Morgan fingerprint density at radius 1 is 1.60 bits per heavy atom. The van der Waals surface area contributed by atoms with E-state index in [4.69, 9.17) is 10.4 Å². The number of hydrogen-bond acceptors (Lipinski definition) is 5. The first-order valence-electron chi connectivity index (χ1n) is 4.84. The van der Waals surface area contributed by atoms with Crippen LogP contribution in [0.25, 0.3) is 0 Å². The van der Waals surface area contributed by atoms with Gasteiger partial charge in [-0.1, -0.05) is 11.9 Å². The maximum atomic E-state index is 11.0. The van der Waals surface area contributed by atoms with Gasteiger partial charge < -0.3 is 10.4 Å². The molecule has 0 aromatic carbocycles. The summed E-state index contributed by atoms with van der Waals surface area (Å²) in [6, 6.07) is -0.466. The van der Waals surface area contributed by atoms with Crippen LogP contribution in [0.4, 0.5) is 0 Å². The predicted octanol–water partition coefficient (Wildman–Crippen LogP) is 0.832. The van der Waals surface area contributed by atoms with Crippen molar-refractivity contribution in [3.8, 4) is 0 Å². The lowest BCUT2D eigenvalue weighted by atomic mass is 10.2. The van der Waals surface area contributed by atoms with Crippen LogP contribution in [0.15, 0.2) is 0 Å². The molecular formula is C9H20BN2O2S. The molecule has 1 atom stereocenters. The van der Waals surface area contributed by atoms with Gasteiger partial charge in [-0.2, -0.15) is 0 Å². The van der Waals surface area contributed by atoms with E-state index in [1.165, 1.54) is 6.92 Å². The van der Waals surface area contributed by atoms with E-state index in [1.807, 2.05) is 4.22 Å². The van der Waals surface area contributed by atoms with Gasteiger partial charge in [0.15, 0.2) is 0 Å². The summed E-state index contributed by atoms with van der Waals surface area (Å²) in [6.45, 7) is 8.23. The maximum Gasteiger partial charge on any atom is 0.409 e. The van der Waals surface area contributed by atoms with Crippen molar-refractivity contribution < 1.29 is 9.45 Å². The summed E-state index contributed by atoms with van der Waals surface area (Å²) in [6.07, 6.45) is 0. The van der Waals surface area contributed by atoms with Gasteiger partial charge in [-0.15, -0.1) is 0 Å². The van der Waals surface area contributed by atoms with Crippen molar-refractivity contribution in [3.05, 3.63) is 0 Å². The Kier molecular flexibility index (Phi) is 6.51. The van der Waals surface area contributed by atoms with E-state index in [-0.39, 0.29) is 10.5 Å². The van der Waals surface area contributed by atoms with E-state index in [9.17, 15) is 4.79 Å². The zero-order chi connectivity index (χ0) is 12.1. The van der Waals surface area contributed by atoms with Crippen molar-refractivity contribution >= 4 is 25.3 Å². The normalized spacial score (nSPS) is 14.1. The number of nitrogens with two attached hydrogens (primary N) is 1. The number of carbonyl (C=O) groups excluding carboxylic acids is 1. The number of Topliss-reactive ketones (excluding diaryl/α,β-unsaturated/α-hetero) is 1. The molecule has 0 saturated heterocycles. The van der Waals surface area contributed by atoms with Crippen LogP contribution in [-0.2, 0) is 9.45 Å². The van der Waals surface area contributed by atoms with Gasteiger partial charge in [0, 0.05) is 18.4 Å². The van der Waals surface area contributed by atoms with Crippen molar-refractivity contribution in [1.29, 1.82) is 0 Å². The topological polar surface area (TPSA) is 55.6 Å². The SMILES string of the molecule is CO[B]N(C[C@H](N)C(C)=O)SC(C)(C)C. The molecule has 0 amide bonds. The van der Waals surface area contributed by atoms with Gasteiger partial charge in [-0.3, -0.25) is 9.01 Å². The average molecular weight is 231 g/mol. The van der Waals surface area contributed by atoms with E-state index in [1.54, 1.807) is 26.7 Å². The van der Waals surface area contributed by atoms with Crippen LogP contribution < -0.4 is 5.73 Å². The van der Waals surface area contributed by atoms with E-state index in [0.29, 0.717) is 6.54 Å². The van der Waals surface area contributed by atoms with Gasteiger partial charge in [-0.05, 0) is 27.7 Å². The fourth-order valence-electron chi connectivity index (χ4n) is 0.894. The fourth-order valence-corrected chi connectivity index (χ4v) is 1.96. The maximum absolute atomic E-state index is 11.0. The van der Waals surface area contributed by atoms with Crippen LogP contribution in [0.3, 0.4) is 0 Å². The molecular weight excluding hydrogens is 211 g/mol. The monoisotopic (exact) mass is 231 g/mol. The van der Waals surface area contributed by atoms with E-state index in [0.717, 1.165) is 0 Å². The molecule has 0 bridgehead atoms. The van der Waals surface area contributed by atoms with Crippen molar-refractivity contribution in [3.63, 3.8) is 0 Å². The number of hydrogen-bond donors (Lipinski definition) is 1. The largest absolute Gasteiger partial charge is 0.426 e. The minimum absolute atomic E-state index is 0.0148. The molecule has 15 heavy (non-hydrogen) atoms. The summed E-state index contributed by atoms with van der Waals surface area (Å²) in [5.41, 5.74) is 5.69. The van der Waals surface area contributed by atoms with Crippen LogP contribution in [0, 0.1) is 0 Å². The number of rotatable bonds is 6. The van der Waals surface area contributed by atoms with Crippen molar-refractivity contribution in [2.45, 2.75) is 38.5 Å². The molecule has 87 valence electrons. The van der Waals surface area contributed by atoms with Crippen LogP contribution >= 0.6 is 11.9 Å². The Balaban J connectivity index is 4.21. The molecule has 0 aliphatic rings. The van der Waals surface area contributed by atoms with Crippen LogP contribution in [-0.4, -0.2) is 42.1 Å². The summed E-state index contributed by atoms with van der Waals surface area (Å²) in [7, 11) is 3.16. The number of carbonyl (C=O) groups is 1. The smallest absolute Gasteiger partial charge is 0.409 e. The average Bonchev–Trinajstić information content (AvgIpc) is 2.00. The Hall–Kier alpha value is -0.0351. The minimum atomic E-state index is -0.466. The second kappa shape index (κ2) is 6.53. The number of nitrogens with zero attached hydrogens (tertiary/aromatic N) is 1. The third kappa shape index (κ3) is 7.84. The summed E-state index contributed by atoms with van der Waals surface area (Å²) in [5, 5.41) is 0. The van der Waals surface area contributed by atoms with Crippen LogP contribution in [0.1, 0.15) is 27.7 Å². The zero-order valence-electron chi connectivity index (χ0n) is 10.1. The third-order valence-electron chi connectivity index (χ3n) is 1.51. The summed E-state index contributed by atoms with van der Waals surface area (Å²) in [4.78, 5) is 11.0. The minimum Gasteiger partial charge on any atom is -0.426 e. The summed E-state index contributed by atoms with van der Waals surface area (Å²) < 4.78 is 6.86. The van der Waals surface area contributed by atoms with Crippen molar-refractivity contribution in [1.82, 2.24) is 4.22 Å². The lowest BCUT2D eigenvalue weighted by molar-refractivity contribution is -0.118. The van der Waals surface area contributed by atoms with E-state index in [2.05, 4.69) is 20.8 Å². The Morgan fingerprint density at radius 3 is 2.47 bits per heavy atom. The van der Waals surface area contributed by atoms with Gasteiger partial charge in [0.05, 0.1) is 6.04 Å². The first kappa shape index (κ1) is 15.0. The van der Waals surface area contributed by atoms with E-state index >= 15 is 0 Å². The first-order chi connectivity index (χ1) is 6.76. The molecule has 0 spiro atoms. The second-order valence-electron chi connectivity index (χ2n) is 4.36. The molecule has 0 heterocycles. The molecule has 2 N–H and O–H groups in total. The Morgan fingerprint density at radius 2 is 2.13 bits per heavy atom. The van der Waals surface area contributed by atoms with Gasteiger partial charge in [0.2, 0.25) is 0 Å². The van der Waals surface area contributed by atoms with Crippen LogP contribution in [0.2, 0.25) is 0 Å². The van der Waals surface area contributed by atoms with Crippen molar-refractivity contribution in [2.24, 2.45) is 5.73 Å². The molecule has 1 radical (unpaired) electrons. The molecule has 0 aliphatic heterocycles. The van der Waals surface area contributed by atoms with Gasteiger partial charge in [0.1, 0.15) is 5.78 Å². The van der Waals surface area contributed by atoms with Crippen LogP contribution in [0.5, 0.6) is 0 Å². The highest BCUT2D eigenvalue weighted by molar-refractivity contribution is 7.99. The first-order valence-corrected chi connectivity index (χ1v) is 5.61. The lowest BCUT2D eigenvalue weighted by Crippen LogP contribution is -2.42. The molecule has 6 heteroatoms. The highest BCUT2D eigenvalue weighted by Crippen LogP contribution is 2.26. The quantitative estimate of drug-likeness (QED) is 0.542. The highest BCUT2D eigenvalue weighted by atomic mass is 32.2. The summed E-state index contributed by atoms with van der Waals surface area (Å²) >= 11 is 1.59.